The molecule has 1 aromatic carbocycles. The van der Waals surface area contributed by atoms with Gasteiger partial charge in [-0.1, -0.05) is 24.7 Å². The quantitative estimate of drug-likeness (QED) is 0.565. The monoisotopic (exact) mass is 473 g/mol. The Balaban J connectivity index is 1.26. The molecule has 0 aliphatic carbocycles. The molecule has 2 aromatic rings. The Hall–Kier alpha value is -3.21. The van der Waals surface area contributed by atoms with Crippen molar-refractivity contribution < 1.29 is 23.9 Å². The zero-order valence-electron chi connectivity index (χ0n) is 18.5. The summed E-state index contributed by atoms with van der Waals surface area (Å²) in [4.78, 5) is 39.1. The largest absolute Gasteiger partial charge is 0.454 e. The standard InChI is InChI=1S/C22H27N5O5S/c1-2-3-8-23-18(28)11-14-6-9-27(10-7-14)22(30)21-26-25-20(33-21)19(29)24-15-4-5-16-17(12-15)32-13-31-16/h4-5,12,14H,2-3,6-11,13H2,1H3,(H,23,28)(H,24,29). The zero-order valence-corrected chi connectivity index (χ0v) is 19.3. The molecule has 0 saturated carbocycles. The van der Waals surface area contributed by atoms with E-state index in [-0.39, 0.29) is 34.5 Å². The minimum atomic E-state index is -0.446. The summed E-state index contributed by atoms with van der Waals surface area (Å²) in [6, 6.07) is 5.08. The number of aromatic nitrogens is 2. The van der Waals surface area contributed by atoms with Crippen molar-refractivity contribution in [1.29, 1.82) is 0 Å². The van der Waals surface area contributed by atoms with Crippen LogP contribution in [0.3, 0.4) is 0 Å². The maximum atomic E-state index is 12.8. The van der Waals surface area contributed by atoms with Crippen molar-refractivity contribution in [3.8, 4) is 11.5 Å². The average molecular weight is 474 g/mol. The van der Waals surface area contributed by atoms with Gasteiger partial charge in [0.15, 0.2) is 11.5 Å². The Morgan fingerprint density at radius 2 is 1.88 bits per heavy atom. The van der Waals surface area contributed by atoms with Gasteiger partial charge >= 0.3 is 0 Å². The van der Waals surface area contributed by atoms with Crippen LogP contribution >= 0.6 is 11.3 Å². The molecule has 0 radical (unpaired) electrons. The van der Waals surface area contributed by atoms with Crippen LogP contribution in [0.4, 0.5) is 5.69 Å². The molecule has 2 aliphatic rings. The third kappa shape index (κ3) is 5.78. The van der Waals surface area contributed by atoms with Crippen LogP contribution in [0, 0.1) is 5.92 Å². The molecule has 2 N–H and O–H groups in total. The second kappa shape index (κ2) is 10.6. The van der Waals surface area contributed by atoms with E-state index in [0.717, 1.165) is 37.0 Å². The van der Waals surface area contributed by atoms with Crippen LogP contribution in [-0.4, -0.2) is 59.2 Å². The Labute approximate surface area is 195 Å². The number of hydrogen-bond acceptors (Lipinski definition) is 8. The molecule has 1 fully saturated rings. The number of benzene rings is 1. The maximum Gasteiger partial charge on any atom is 0.286 e. The molecule has 10 nitrogen and oxygen atoms in total. The Morgan fingerprint density at radius 1 is 1.12 bits per heavy atom. The smallest absolute Gasteiger partial charge is 0.286 e. The fraction of sp³-hybridized carbons (Fsp3) is 0.500. The van der Waals surface area contributed by atoms with E-state index in [1.54, 1.807) is 23.1 Å². The normalized spacial score (nSPS) is 15.4. The number of fused-ring (bicyclic) bond motifs is 1. The number of unbranched alkanes of at least 4 members (excludes halogenated alkanes) is 1. The van der Waals surface area contributed by atoms with Gasteiger partial charge in [-0.3, -0.25) is 14.4 Å². The number of piperidine rings is 1. The number of hydrogen-bond donors (Lipinski definition) is 2. The highest BCUT2D eigenvalue weighted by atomic mass is 32.1. The molecular formula is C22H27N5O5S. The van der Waals surface area contributed by atoms with Gasteiger partial charge in [0.05, 0.1) is 0 Å². The van der Waals surface area contributed by atoms with Crippen molar-refractivity contribution in [3.05, 3.63) is 28.2 Å². The molecule has 3 amide bonds. The van der Waals surface area contributed by atoms with Crippen LogP contribution in [0.25, 0.3) is 0 Å². The predicted octanol–water partition coefficient (Wildman–Crippen LogP) is 2.68. The van der Waals surface area contributed by atoms with Gasteiger partial charge in [-0.25, -0.2) is 0 Å². The van der Waals surface area contributed by atoms with Crippen molar-refractivity contribution in [2.75, 3.05) is 31.7 Å². The molecule has 176 valence electrons. The van der Waals surface area contributed by atoms with Crippen LogP contribution in [0.2, 0.25) is 0 Å². The summed E-state index contributed by atoms with van der Waals surface area (Å²) in [5, 5.41) is 13.8. The minimum absolute atomic E-state index is 0.0791. The lowest BCUT2D eigenvalue weighted by molar-refractivity contribution is -0.122. The van der Waals surface area contributed by atoms with Gasteiger partial charge < -0.3 is 25.0 Å². The van der Waals surface area contributed by atoms with Gasteiger partial charge in [0, 0.05) is 37.8 Å². The molecule has 3 heterocycles. The van der Waals surface area contributed by atoms with E-state index in [2.05, 4.69) is 27.8 Å². The van der Waals surface area contributed by atoms with E-state index in [1.807, 2.05) is 0 Å². The highest BCUT2D eigenvalue weighted by molar-refractivity contribution is 7.15. The zero-order chi connectivity index (χ0) is 23.2. The van der Waals surface area contributed by atoms with E-state index >= 15 is 0 Å². The molecule has 0 unspecified atom stereocenters. The maximum absolute atomic E-state index is 12.8. The lowest BCUT2D eigenvalue weighted by Crippen LogP contribution is -2.39. The van der Waals surface area contributed by atoms with Crippen molar-refractivity contribution in [3.63, 3.8) is 0 Å². The second-order valence-corrected chi connectivity index (χ2v) is 9.06. The molecule has 1 saturated heterocycles. The van der Waals surface area contributed by atoms with Gasteiger partial charge in [0.1, 0.15) is 0 Å². The van der Waals surface area contributed by atoms with Crippen molar-refractivity contribution in [2.24, 2.45) is 5.92 Å². The first-order valence-corrected chi connectivity index (χ1v) is 12.0. The molecule has 11 heteroatoms. The van der Waals surface area contributed by atoms with E-state index in [4.69, 9.17) is 9.47 Å². The number of nitrogens with one attached hydrogen (secondary N) is 2. The van der Waals surface area contributed by atoms with Crippen molar-refractivity contribution >= 4 is 34.7 Å². The molecule has 0 atom stereocenters. The number of amides is 3. The number of anilines is 1. The van der Waals surface area contributed by atoms with E-state index < -0.39 is 5.91 Å². The van der Waals surface area contributed by atoms with E-state index in [9.17, 15) is 14.4 Å². The number of ether oxygens (including phenoxy) is 2. The third-order valence-electron chi connectivity index (χ3n) is 5.66. The Bertz CT molecular complexity index is 1020. The second-order valence-electron chi connectivity index (χ2n) is 8.08. The highest BCUT2D eigenvalue weighted by Crippen LogP contribution is 2.34. The number of rotatable bonds is 8. The predicted molar refractivity (Wildman–Crippen MR) is 122 cm³/mol. The first kappa shape index (κ1) is 23.0. The average Bonchev–Trinajstić information content (AvgIpc) is 3.49. The van der Waals surface area contributed by atoms with Crippen LogP contribution in [0.1, 0.15) is 58.6 Å². The van der Waals surface area contributed by atoms with Gasteiger partial charge in [0.25, 0.3) is 11.8 Å². The van der Waals surface area contributed by atoms with Crippen LogP contribution in [-0.2, 0) is 4.79 Å². The SMILES string of the molecule is CCCCNC(=O)CC1CCN(C(=O)c2nnc(C(=O)Nc3ccc4c(c3)OCO4)s2)CC1. The summed E-state index contributed by atoms with van der Waals surface area (Å²) >= 11 is 0.965. The number of likely N-dealkylation sites (tertiary alicyclic amines) is 1. The topological polar surface area (TPSA) is 123 Å². The van der Waals surface area contributed by atoms with Gasteiger partial charge in [-0.05, 0) is 37.3 Å². The lowest BCUT2D eigenvalue weighted by Gasteiger charge is -2.31. The van der Waals surface area contributed by atoms with Crippen LogP contribution in [0.5, 0.6) is 11.5 Å². The number of carbonyl (C=O) groups is 3. The Morgan fingerprint density at radius 3 is 2.67 bits per heavy atom. The van der Waals surface area contributed by atoms with E-state index in [0.29, 0.717) is 43.2 Å². The third-order valence-corrected chi connectivity index (χ3v) is 6.57. The first-order valence-electron chi connectivity index (χ1n) is 11.1. The summed E-state index contributed by atoms with van der Waals surface area (Å²) in [5.41, 5.74) is 0.535. The summed E-state index contributed by atoms with van der Waals surface area (Å²) in [7, 11) is 0. The fourth-order valence-electron chi connectivity index (χ4n) is 3.77. The molecular weight excluding hydrogens is 446 g/mol. The Kier molecular flexibility index (Phi) is 7.38. The molecule has 4 rings (SSSR count). The molecule has 0 spiro atoms. The van der Waals surface area contributed by atoms with Gasteiger partial charge in [-0.15, -0.1) is 10.2 Å². The highest BCUT2D eigenvalue weighted by Gasteiger charge is 2.28. The minimum Gasteiger partial charge on any atom is -0.454 e. The van der Waals surface area contributed by atoms with Crippen molar-refractivity contribution in [2.45, 2.75) is 39.0 Å². The summed E-state index contributed by atoms with van der Waals surface area (Å²) in [6.07, 6.45) is 4.06. The van der Waals surface area contributed by atoms with Crippen molar-refractivity contribution in [1.82, 2.24) is 20.4 Å². The summed E-state index contributed by atoms with van der Waals surface area (Å²) in [6.45, 7) is 4.08. The molecule has 0 bridgehead atoms. The van der Waals surface area contributed by atoms with Gasteiger partial charge in [0.2, 0.25) is 22.7 Å². The molecule has 1 aromatic heterocycles. The van der Waals surface area contributed by atoms with Crippen LogP contribution in [0.15, 0.2) is 18.2 Å². The molecule has 33 heavy (non-hydrogen) atoms. The first-order chi connectivity index (χ1) is 16.0. The molecule has 2 aliphatic heterocycles. The van der Waals surface area contributed by atoms with E-state index in [1.165, 1.54) is 0 Å². The number of carbonyl (C=O) groups excluding carboxylic acids is 3. The van der Waals surface area contributed by atoms with Gasteiger partial charge in [-0.2, -0.15) is 0 Å². The lowest BCUT2D eigenvalue weighted by atomic mass is 9.93. The summed E-state index contributed by atoms with van der Waals surface area (Å²) < 4.78 is 10.6. The summed E-state index contributed by atoms with van der Waals surface area (Å²) in [5.74, 6) is 0.850. The fourth-order valence-corrected chi connectivity index (χ4v) is 4.48. The van der Waals surface area contributed by atoms with Crippen LogP contribution < -0.4 is 20.1 Å². The number of nitrogens with zero attached hydrogens (tertiary/aromatic N) is 3.